The van der Waals surface area contributed by atoms with E-state index in [0.29, 0.717) is 19.1 Å². The van der Waals surface area contributed by atoms with E-state index in [9.17, 15) is 9.90 Å². The predicted molar refractivity (Wildman–Crippen MR) is 70.4 cm³/mol. The van der Waals surface area contributed by atoms with Gasteiger partial charge in [0.15, 0.2) is 0 Å². The van der Waals surface area contributed by atoms with Crippen LogP contribution in [-0.4, -0.2) is 54.9 Å². The number of nitrogens with zero attached hydrogens (tertiary/aromatic N) is 1. The molecule has 1 rings (SSSR count). The Labute approximate surface area is 109 Å². The van der Waals surface area contributed by atoms with Crippen LogP contribution in [-0.2, 0) is 9.53 Å². The summed E-state index contributed by atoms with van der Waals surface area (Å²) in [5.74, 6) is -0.262. The first kappa shape index (κ1) is 15.4. The van der Waals surface area contributed by atoms with E-state index in [0.717, 1.165) is 25.9 Å². The van der Waals surface area contributed by atoms with Crippen LogP contribution in [0.4, 0.5) is 0 Å². The van der Waals surface area contributed by atoms with E-state index in [1.54, 1.807) is 7.11 Å². The molecule has 0 aliphatic heterocycles. The summed E-state index contributed by atoms with van der Waals surface area (Å²) in [7, 11) is 1.65. The molecule has 1 aliphatic rings. The smallest absolute Gasteiger partial charge is 0.325 e. The van der Waals surface area contributed by atoms with E-state index in [1.165, 1.54) is 0 Å². The molecule has 1 atom stereocenters. The minimum Gasteiger partial charge on any atom is -0.480 e. The van der Waals surface area contributed by atoms with Gasteiger partial charge >= 0.3 is 5.97 Å². The maximum Gasteiger partial charge on any atom is 0.325 e. The Morgan fingerprint density at radius 2 is 2.17 bits per heavy atom. The van der Waals surface area contributed by atoms with Gasteiger partial charge in [-0.05, 0) is 24.7 Å². The lowest BCUT2D eigenvalue weighted by Crippen LogP contribution is -2.58. The number of aliphatic carboxylic acids is 1. The third-order valence-electron chi connectivity index (χ3n) is 3.42. The number of carboxylic acids is 1. The first-order valence-corrected chi connectivity index (χ1v) is 6.63. The number of methoxy groups -OCH3 is 1. The van der Waals surface area contributed by atoms with E-state index >= 15 is 0 Å². The fraction of sp³-hybridized carbons (Fsp3) is 0.923. The average Bonchev–Trinajstić information content (AvgIpc) is 3.08. The van der Waals surface area contributed by atoms with Crippen LogP contribution in [0.1, 0.15) is 26.7 Å². The zero-order chi connectivity index (χ0) is 13.8. The Balaban J connectivity index is 2.63. The van der Waals surface area contributed by atoms with Crippen LogP contribution in [0.15, 0.2) is 0 Å². The summed E-state index contributed by atoms with van der Waals surface area (Å²) in [5.41, 5.74) is 5.02. The van der Waals surface area contributed by atoms with Crippen molar-refractivity contribution in [3.8, 4) is 0 Å². The van der Waals surface area contributed by atoms with Gasteiger partial charge in [-0.25, -0.2) is 0 Å². The molecule has 1 saturated carbocycles. The van der Waals surface area contributed by atoms with Crippen LogP contribution in [0.3, 0.4) is 0 Å². The molecule has 0 heterocycles. The van der Waals surface area contributed by atoms with E-state index in [-0.39, 0.29) is 5.92 Å². The van der Waals surface area contributed by atoms with E-state index in [1.807, 2.05) is 0 Å². The van der Waals surface area contributed by atoms with E-state index < -0.39 is 11.5 Å². The topological polar surface area (TPSA) is 75.8 Å². The van der Waals surface area contributed by atoms with Crippen molar-refractivity contribution in [2.75, 3.05) is 33.4 Å². The molecule has 106 valence electrons. The number of hydrogen-bond acceptors (Lipinski definition) is 4. The van der Waals surface area contributed by atoms with Gasteiger partial charge < -0.3 is 15.6 Å². The average molecular weight is 258 g/mol. The minimum absolute atomic E-state index is 0.132. The van der Waals surface area contributed by atoms with Crippen molar-refractivity contribution in [3.05, 3.63) is 0 Å². The second-order valence-corrected chi connectivity index (χ2v) is 5.74. The molecular weight excluding hydrogens is 232 g/mol. The molecule has 0 bridgehead atoms. The monoisotopic (exact) mass is 258 g/mol. The number of rotatable bonds is 9. The number of nitrogens with two attached hydrogens (primary N) is 1. The fourth-order valence-electron chi connectivity index (χ4n) is 2.31. The van der Waals surface area contributed by atoms with Gasteiger partial charge in [0.2, 0.25) is 0 Å². The number of carbonyl (C=O) groups is 1. The number of carboxylic acid groups (broad SMARTS) is 1. The first-order chi connectivity index (χ1) is 8.40. The second kappa shape index (κ2) is 6.50. The molecule has 0 aromatic carbocycles. The quantitative estimate of drug-likeness (QED) is 0.639. The normalized spacial score (nSPS) is 19.2. The molecule has 1 aliphatic carbocycles. The first-order valence-electron chi connectivity index (χ1n) is 6.63. The standard InChI is InChI=1S/C13H26N2O3/c1-10(2)8-15(6-7-18-3)9-13(14,12(16)17)11-4-5-11/h10-11H,4-9,14H2,1-3H3,(H,16,17). The van der Waals surface area contributed by atoms with Gasteiger partial charge in [-0.15, -0.1) is 0 Å². The van der Waals surface area contributed by atoms with Crippen LogP contribution in [0.5, 0.6) is 0 Å². The molecule has 0 radical (unpaired) electrons. The SMILES string of the molecule is COCCN(CC(C)C)CC(N)(C(=O)O)C1CC1. The Bertz CT molecular complexity index is 279. The van der Waals surface area contributed by atoms with Gasteiger partial charge in [0.25, 0.3) is 0 Å². The highest BCUT2D eigenvalue weighted by molar-refractivity contribution is 5.79. The Hall–Kier alpha value is -0.650. The summed E-state index contributed by atoms with van der Waals surface area (Å²) in [6, 6.07) is 0. The molecule has 3 N–H and O–H groups in total. The number of ether oxygens (including phenoxy) is 1. The van der Waals surface area contributed by atoms with Crippen LogP contribution in [0.2, 0.25) is 0 Å². The van der Waals surface area contributed by atoms with Gasteiger partial charge in [0.1, 0.15) is 5.54 Å². The van der Waals surface area contributed by atoms with Gasteiger partial charge in [0.05, 0.1) is 6.61 Å². The summed E-state index contributed by atoms with van der Waals surface area (Å²) in [6.07, 6.45) is 1.87. The van der Waals surface area contributed by atoms with Crippen LogP contribution < -0.4 is 5.73 Å². The summed E-state index contributed by atoms with van der Waals surface area (Å²) in [5, 5.41) is 9.37. The fourth-order valence-corrected chi connectivity index (χ4v) is 2.31. The molecular formula is C13H26N2O3. The molecule has 5 nitrogen and oxygen atoms in total. The molecule has 0 saturated heterocycles. The van der Waals surface area contributed by atoms with E-state index in [4.69, 9.17) is 10.5 Å². The molecule has 0 aromatic rings. The molecule has 0 aromatic heterocycles. The summed E-state index contributed by atoms with van der Waals surface area (Å²) in [6.45, 7) is 6.84. The van der Waals surface area contributed by atoms with Crippen molar-refractivity contribution in [1.82, 2.24) is 4.90 Å². The summed E-state index contributed by atoms with van der Waals surface area (Å²) < 4.78 is 5.08. The lowest BCUT2D eigenvalue weighted by Gasteiger charge is -2.33. The van der Waals surface area contributed by atoms with Crippen LogP contribution in [0.25, 0.3) is 0 Å². The molecule has 5 heteroatoms. The van der Waals surface area contributed by atoms with Crippen molar-refractivity contribution in [1.29, 1.82) is 0 Å². The highest BCUT2D eigenvalue weighted by atomic mass is 16.5. The lowest BCUT2D eigenvalue weighted by molar-refractivity contribution is -0.145. The maximum absolute atomic E-state index is 11.4. The van der Waals surface area contributed by atoms with Crippen molar-refractivity contribution >= 4 is 5.97 Å². The van der Waals surface area contributed by atoms with Crippen LogP contribution in [0, 0.1) is 11.8 Å². The summed E-state index contributed by atoms with van der Waals surface area (Å²) >= 11 is 0. The Morgan fingerprint density at radius 1 is 1.56 bits per heavy atom. The van der Waals surface area contributed by atoms with Crippen molar-refractivity contribution < 1.29 is 14.6 Å². The van der Waals surface area contributed by atoms with Gasteiger partial charge in [-0.1, -0.05) is 13.8 Å². The second-order valence-electron chi connectivity index (χ2n) is 5.74. The van der Waals surface area contributed by atoms with Gasteiger partial charge in [0, 0.05) is 26.7 Å². The Kier molecular flexibility index (Phi) is 5.56. The third-order valence-corrected chi connectivity index (χ3v) is 3.42. The number of hydrogen-bond donors (Lipinski definition) is 2. The largest absolute Gasteiger partial charge is 0.480 e. The molecule has 0 amide bonds. The van der Waals surface area contributed by atoms with E-state index in [2.05, 4.69) is 18.7 Å². The zero-order valence-electron chi connectivity index (χ0n) is 11.7. The highest BCUT2D eigenvalue weighted by Crippen LogP contribution is 2.39. The molecule has 18 heavy (non-hydrogen) atoms. The van der Waals surface area contributed by atoms with Crippen molar-refractivity contribution in [3.63, 3.8) is 0 Å². The maximum atomic E-state index is 11.4. The zero-order valence-corrected chi connectivity index (χ0v) is 11.7. The Morgan fingerprint density at radius 3 is 2.56 bits per heavy atom. The molecule has 1 fully saturated rings. The minimum atomic E-state index is -1.09. The predicted octanol–water partition coefficient (Wildman–Crippen LogP) is 0.783. The van der Waals surface area contributed by atoms with Crippen molar-refractivity contribution in [2.24, 2.45) is 17.6 Å². The summed E-state index contributed by atoms with van der Waals surface area (Å²) in [4.78, 5) is 13.5. The van der Waals surface area contributed by atoms with Crippen LogP contribution >= 0.6 is 0 Å². The lowest BCUT2D eigenvalue weighted by atomic mass is 9.93. The third kappa shape index (κ3) is 4.23. The molecule has 0 spiro atoms. The highest BCUT2D eigenvalue weighted by Gasteiger charge is 2.49. The molecule has 1 unspecified atom stereocenters. The van der Waals surface area contributed by atoms with Gasteiger partial charge in [-0.3, -0.25) is 9.69 Å². The van der Waals surface area contributed by atoms with Crippen molar-refractivity contribution in [2.45, 2.75) is 32.2 Å². The van der Waals surface area contributed by atoms with Gasteiger partial charge in [-0.2, -0.15) is 0 Å².